The number of pyridine rings is 1. The van der Waals surface area contributed by atoms with Crippen LogP contribution < -0.4 is 11.1 Å². The standard InChI is InChI=1S/C11H11N3O2/c1-8(15)13-7-3-5-9-4-2-6-10(14-9)11(12)16/h2,4,6H,7H2,1H3,(H2,12,16)(H,13,15). The van der Waals surface area contributed by atoms with Crippen molar-refractivity contribution in [2.24, 2.45) is 5.73 Å². The SMILES string of the molecule is CC(=O)NCC#Cc1cccc(C(N)=O)n1. The van der Waals surface area contributed by atoms with Gasteiger partial charge in [-0.2, -0.15) is 0 Å². The Hall–Kier alpha value is -2.35. The van der Waals surface area contributed by atoms with E-state index in [9.17, 15) is 9.59 Å². The molecule has 0 bridgehead atoms. The zero-order chi connectivity index (χ0) is 12.0. The van der Waals surface area contributed by atoms with Gasteiger partial charge in [-0.25, -0.2) is 4.98 Å². The molecule has 82 valence electrons. The first kappa shape index (κ1) is 11.7. The molecule has 0 aliphatic rings. The van der Waals surface area contributed by atoms with E-state index in [0.717, 1.165) is 0 Å². The van der Waals surface area contributed by atoms with Crippen molar-refractivity contribution in [1.29, 1.82) is 0 Å². The Balaban J connectivity index is 2.70. The molecule has 0 aliphatic heterocycles. The van der Waals surface area contributed by atoms with Crippen molar-refractivity contribution < 1.29 is 9.59 Å². The van der Waals surface area contributed by atoms with E-state index in [2.05, 4.69) is 22.1 Å². The van der Waals surface area contributed by atoms with E-state index < -0.39 is 5.91 Å². The van der Waals surface area contributed by atoms with Gasteiger partial charge in [0.05, 0.1) is 6.54 Å². The summed E-state index contributed by atoms with van der Waals surface area (Å²) in [4.78, 5) is 25.3. The summed E-state index contributed by atoms with van der Waals surface area (Å²) in [5, 5.41) is 2.52. The van der Waals surface area contributed by atoms with E-state index in [4.69, 9.17) is 5.73 Å². The number of nitrogens with one attached hydrogen (secondary N) is 1. The minimum atomic E-state index is -0.592. The Kier molecular flexibility index (Phi) is 4.04. The molecule has 0 saturated carbocycles. The quantitative estimate of drug-likeness (QED) is 0.665. The number of rotatable bonds is 2. The number of carbonyl (C=O) groups is 2. The summed E-state index contributed by atoms with van der Waals surface area (Å²) in [5.41, 5.74) is 5.69. The Morgan fingerprint density at radius 3 is 2.88 bits per heavy atom. The van der Waals surface area contributed by atoms with E-state index >= 15 is 0 Å². The predicted molar refractivity (Wildman–Crippen MR) is 58.3 cm³/mol. The molecule has 0 aliphatic carbocycles. The van der Waals surface area contributed by atoms with Gasteiger partial charge in [0.1, 0.15) is 11.4 Å². The van der Waals surface area contributed by atoms with Crippen molar-refractivity contribution >= 4 is 11.8 Å². The first-order valence-corrected chi connectivity index (χ1v) is 4.60. The summed E-state index contributed by atoms with van der Waals surface area (Å²) >= 11 is 0. The Morgan fingerprint density at radius 1 is 1.50 bits per heavy atom. The van der Waals surface area contributed by atoms with Gasteiger partial charge in [-0.1, -0.05) is 12.0 Å². The second-order valence-electron chi connectivity index (χ2n) is 2.98. The van der Waals surface area contributed by atoms with Crippen molar-refractivity contribution in [2.45, 2.75) is 6.92 Å². The van der Waals surface area contributed by atoms with Gasteiger partial charge in [0.2, 0.25) is 5.91 Å². The van der Waals surface area contributed by atoms with Crippen molar-refractivity contribution in [1.82, 2.24) is 10.3 Å². The van der Waals surface area contributed by atoms with E-state index in [1.54, 1.807) is 12.1 Å². The van der Waals surface area contributed by atoms with Gasteiger partial charge in [-0.05, 0) is 18.1 Å². The fraction of sp³-hybridized carbons (Fsp3) is 0.182. The largest absolute Gasteiger partial charge is 0.364 e. The maximum atomic E-state index is 10.8. The number of primary amides is 1. The van der Waals surface area contributed by atoms with Crippen molar-refractivity contribution in [2.75, 3.05) is 6.54 Å². The molecule has 0 atom stereocenters. The van der Waals surface area contributed by atoms with Crippen LogP contribution in [-0.2, 0) is 4.79 Å². The smallest absolute Gasteiger partial charge is 0.267 e. The van der Waals surface area contributed by atoms with Crippen LogP contribution in [0.1, 0.15) is 23.1 Å². The summed E-state index contributed by atoms with van der Waals surface area (Å²) in [6, 6.07) is 4.82. The van der Waals surface area contributed by atoms with Crippen LogP contribution in [0.4, 0.5) is 0 Å². The van der Waals surface area contributed by atoms with E-state index in [0.29, 0.717) is 5.69 Å². The van der Waals surface area contributed by atoms with Crippen molar-refractivity contribution in [3.8, 4) is 11.8 Å². The zero-order valence-electron chi connectivity index (χ0n) is 8.78. The van der Waals surface area contributed by atoms with Gasteiger partial charge in [0.25, 0.3) is 5.91 Å². The highest BCUT2D eigenvalue weighted by Gasteiger charge is 2.00. The fourth-order valence-electron chi connectivity index (χ4n) is 0.945. The number of carbonyl (C=O) groups excluding carboxylic acids is 2. The third-order valence-electron chi connectivity index (χ3n) is 1.64. The van der Waals surface area contributed by atoms with Crippen LogP contribution in [0.2, 0.25) is 0 Å². The number of nitrogens with two attached hydrogens (primary N) is 1. The molecule has 1 aromatic rings. The average molecular weight is 217 g/mol. The molecule has 0 radical (unpaired) electrons. The molecule has 1 aromatic heterocycles. The lowest BCUT2D eigenvalue weighted by molar-refractivity contribution is -0.118. The maximum Gasteiger partial charge on any atom is 0.267 e. The molecule has 1 heterocycles. The van der Waals surface area contributed by atoms with Gasteiger partial charge in [-0.15, -0.1) is 0 Å². The molecule has 0 spiro atoms. The minimum absolute atomic E-state index is 0.145. The van der Waals surface area contributed by atoms with E-state index in [1.165, 1.54) is 13.0 Å². The zero-order valence-corrected chi connectivity index (χ0v) is 8.78. The summed E-state index contributed by atoms with van der Waals surface area (Å²) in [5.74, 6) is 4.68. The van der Waals surface area contributed by atoms with Crippen molar-refractivity contribution in [3.05, 3.63) is 29.6 Å². The van der Waals surface area contributed by atoms with Gasteiger partial charge in [-0.3, -0.25) is 9.59 Å². The molecule has 5 nitrogen and oxygen atoms in total. The van der Waals surface area contributed by atoms with E-state index in [1.807, 2.05) is 0 Å². The summed E-state index contributed by atoms with van der Waals surface area (Å²) in [7, 11) is 0. The van der Waals surface area contributed by atoms with Gasteiger partial charge >= 0.3 is 0 Å². The number of amides is 2. The molecule has 2 amide bonds. The van der Waals surface area contributed by atoms with Crippen LogP contribution in [0.15, 0.2) is 18.2 Å². The average Bonchev–Trinajstić information content (AvgIpc) is 2.24. The fourth-order valence-corrected chi connectivity index (χ4v) is 0.945. The molecule has 1 rings (SSSR count). The minimum Gasteiger partial charge on any atom is -0.364 e. The van der Waals surface area contributed by atoms with Crippen LogP contribution in [-0.4, -0.2) is 23.3 Å². The first-order valence-electron chi connectivity index (χ1n) is 4.60. The van der Waals surface area contributed by atoms with Gasteiger partial charge in [0.15, 0.2) is 0 Å². The molecular weight excluding hydrogens is 206 g/mol. The van der Waals surface area contributed by atoms with Crippen LogP contribution in [0.25, 0.3) is 0 Å². The monoisotopic (exact) mass is 217 g/mol. The first-order chi connectivity index (χ1) is 7.59. The molecular formula is C11H11N3O2. The Morgan fingerprint density at radius 2 is 2.25 bits per heavy atom. The highest BCUT2D eigenvalue weighted by molar-refractivity contribution is 5.90. The summed E-state index contributed by atoms with van der Waals surface area (Å²) < 4.78 is 0. The van der Waals surface area contributed by atoms with Crippen LogP contribution in [0, 0.1) is 11.8 Å². The van der Waals surface area contributed by atoms with E-state index in [-0.39, 0.29) is 18.1 Å². The third kappa shape index (κ3) is 3.80. The number of hydrogen-bond donors (Lipinski definition) is 2. The Labute approximate surface area is 93.1 Å². The molecule has 3 N–H and O–H groups in total. The third-order valence-corrected chi connectivity index (χ3v) is 1.64. The lowest BCUT2D eigenvalue weighted by Crippen LogP contribution is -2.19. The second kappa shape index (κ2) is 5.51. The molecule has 0 saturated heterocycles. The Bertz CT molecular complexity index is 472. The van der Waals surface area contributed by atoms with Gasteiger partial charge < -0.3 is 11.1 Å². The lowest BCUT2D eigenvalue weighted by atomic mass is 10.3. The number of nitrogens with zero attached hydrogens (tertiary/aromatic N) is 1. The predicted octanol–water partition coefficient (Wildman–Crippen LogP) is -0.332. The lowest BCUT2D eigenvalue weighted by Gasteiger charge is -1.95. The highest BCUT2D eigenvalue weighted by Crippen LogP contribution is 1.96. The summed E-state index contributed by atoms with van der Waals surface area (Å²) in [6.07, 6.45) is 0. The molecule has 16 heavy (non-hydrogen) atoms. The normalized spacial score (nSPS) is 8.81. The number of hydrogen-bond acceptors (Lipinski definition) is 3. The van der Waals surface area contributed by atoms with Crippen LogP contribution in [0.3, 0.4) is 0 Å². The van der Waals surface area contributed by atoms with Crippen molar-refractivity contribution in [3.63, 3.8) is 0 Å². The van der Waals surface area contributed by atoms with Gasteiger partial charge in [0, 0.05) is 6.92 Å². The topological polar surface area (TPSA) is 85.1 Å². The molecule has 0 unspecified atom stereocenters. The van der Waals surface area contributed by atoms with Crippen LogP contribution >= 0.6 is 0 Å². The highest BCUT2D eigenvalue weighted by atomic mass is 16.1. The summed E-state index contributed by atoms with van der Waals surface area (Å²) in [6.45, 7) is 1.66. The number of aromatic nitrogens is 1. The molecule has 0 aromatic carbocycles. The van der Waals surface area contributed by atoms with Crippen LogP contribution in [0.5, 0.6) is 0 Å². The molecule has 0 fully saturated rings. The second-order valence-corrected chi connectivity index (χ2v) is 2.98. The molecule has 5 heteroatoms. The maximum absolute atomic E-state index is 10.8.